The van der Waals surface area contributed by atoms with Gasteiger partial charge in [-0.1, -0.05) is 35.3 Å². The smallest absolute Gasteiger partial charge is 0.291 e. The van der Waals surface area contributed by atoms with E-state index in [1.165, 1.54) is 18.3 Å². The average molecular weight is 460 g/mol. The van der Waals surface area contributed by atoms with Crippen LogP contribution in [0.15, 0.2) is 71.4 Å². The zero-order valence-electron chi connectivity index (χ0n) is 16.0. The molecule has 31 heavy (non-hydrogen) atoms. The second-order valence-electron chi connectivity index (χ2n) is 6.63. The highest BCUT2D eigenvalue weighted by atomic mass is 35.5. The van der Waals surface area contributed by atoms with Crippen LogP contribution in [-0.4, -0.2) is 15.7 Å². The molecule has 1 N–H and O–H groups in total. The Labute approximate surface area is 187 Å². The lowest BCUT2D eigenvalue weighted by molar-refractivity contribution is 0.0992. The molecular weight excluding hydrogens is 444 g/mol. The van der Waals surface area contributed by atoms with Crippen LogP contribution in [0.3, 0.4) is 0 Å². The van der Waals surface area contributed by atoms with Crippen molar-refractivity contribution in [1.82, 2.24) is 9.78 Å². The van der Waals surface area contributed by atoms with E-state index in [-0.39, 0.29) is 12.4 Å². The van der Waals surface area contributed by atoms with Crippen molar-refractivity contribution < 1.29 is 18.3 Å². The summed E-state index contributed by atoms with van der Waals surface area (Å²) in [5.74, 6) is 0.403. The van der Waals surface area contributed by atoms with Gasteiger partial charge in [0.15, 0.2) is 5.76 Å². The molecule has 0 atom stereocenters. The van der Waals surface area contributed by atoms with Gasteiger partial charge in [-0.25, -0.2) is 4.39 Å². The van der Waals surface area contributed by atoms with E-state index < -0.39 is 11.7 Å². The lowest BCUT2D eigenvalue weighted by Gasteiger charge is -2.05. The summed E-state index contributed by atoms with van der Waals surface area (Å²) >= 11 is 12.0. The van der Waals surface area contributed by atoms with Gasteiger partial charge in [0.05, 0.1) is 18.4 Å². The molecule has 0 fully saturated rings. The quantitative estimate of drug-likeness (QED) is 0.379. The number of halogens is 3. The summed E-state index contributed by atoms with van der Waals surface area (Å²) in [6.45, 7) is 0.491. The average Bonchev–Trinajstić information content (AvgIpc) is 3.38. The third-order valence-corrected chi connectivity index (χ3v) is 4.89. The molecule has 0 aliphatic heterocycles. The van der Waals surface area contributed by atoms with Crippen LogP contribution < -0.4 is 10.1 Å². The normalized spacial score (nSPS) is 10.8. The second-order valence-corrected chi connectivity index (χ2v) is 7.47. The van der Waals surface area contributed by atoms with E-state index in [0.717, 1.165) is 0 Å². The van der Waals surface area contributed by atoms with Crippen molar-refractivity contribution in [3.05, 3.63) is 99.9 Å². The number of hydrogen-bond donors (Lipinski definition) is 1. The van der Waals surface area contributed by atoms with Crippen molar-refractivity contribution in [2.24, 2.45) is 0 Å². The molecule has 6 nitrogen and oxygen atoms in total. The van der Waals surface area contributed by atoms with Gasteiger partial charge in [-0.15, -0.1) is 0 Å². The molecule has 9 heteroatoms. The molecule has 0 unspecified atom stereocenters. The summed E-state index contributed by atoms with van der Waals surface area (Å²) in [6, 6.07) is 14.4. The highest BCUT2D eigenvalue weighted by Gasteiger charge is 2.13. The van der Waals surface area contributed by atoms with Gasteiger partial charge in [-0.05, 0) is 48.0 Å². The number of hydrogen-bond acceptors (Lipinski definition) is 4. The van der Waals surface area contributed by atoms with Gasteiger partial charge in [0.25, 0.3) is 5.91 Å². The van der Waals surface area contributed by atoms with Crippen molar-refractivity contribution >= 4 is 34.8 Å². The summed E-state index contributed by atoms with van der Waals surface area (Å²) in [4.78, 5) is 12.4. The van der Waals surface area contributed by atoms with Crippen molar-refractivity contribution in [2.45, 2.75) is 13.2 Å². The van der Waals surface area contributed by atoms with E-state index in [1.807, 2.05) is 0 Å². The maximum absolute atomic E-state index is 13.2. The number of furan rings is 1. The topological polar surface area (TPSA) is 69.3 Å². The van der Waals surface area contributed by atoms with E-state index in [4.69, 9.17) is 32.4 Å². The Hall–Kier alpha value is -3.29. The predicted octanol–water partition coefficient (Wildman–Crippen LogP) is 5.80. The molecule has 158 valence electrons. The molecular formula is C22H16Cl2FN3O3. The fourth-order valence-corrected chi connectivity index (χ4v) is 3.23. The maximum atomic E-state index is 13.2. The van der Waals surface area contributed by atoms with Crippen molar-refractivity contribution in [3.63, 3.8) is 0 Å². The first-order valence-electron chi connectivity index (χ1n) is 9.21. The molecule has 0 saturated heterocycles. The van der Waals surface area contributed by atoms with Crippen LogP contribution in [0.2, 0.25) is 10.0 Å². The SMILES string of the molecule is O=C(Nc1cnn(Cc2ccc(F)cc2Cl)c1)c1ccc(COc2cccc(Cl)c2)o1. The fourth-order valence-electron chi connectivity index (χ4n) is 2.82. The van der Waals surface area contributed by atoms with Crippen molar-refractivity contribution in [1.29, 1.82) is 0 Å². The molecule has 4 rings (SSSR count). The van der Waals surface area contributed by atoms with Gasteiger partial charge in [-0.2, -0.15) is 5.10 Å². The van der Waals surface area contributed by atoms with Crippen LogP contribution in [0.5, 0.6) is 5.75 Å². The first-order chi connectivity index (χ1) is 15.0. The van der Waals surface area contributed by atoms with E-state index in [1.54, 1.807) is 53.3 Å². The summed E-state index contributed by atoms with van der Waals surface area (Å²) < 4.78 is 25.9. The van der Waals surface area contributed by atoms with Gasteiger partial charge in [0.1, 0.15) is 23.9 Å². The minimum atomic E-state index is -0.423. The Kier molecular flexibility index (Phi) is 6.25. The van der Waals surface area contributed by atoms with Gasteiger partial charge in [-0.3, -0.25) is 9.48 Å². The van der Waals surface area contributed by atoms with Gasteiger partial charge in [0.2, 0.25) is 0 Å². The third-order valence-electron chi connectivity index (χ3n) is 4.30. The lowest BCUT2D eigenvalue weighted by Crippen LogP contribution is -2.10. The van der Waals surface area contributed by atoms with Gasteiger partial charge >= 0.3 is 0 Å². The number of carbonyl (C=O) groups is 1. The number of anilines is 1. The van der Waals surface area contributed by atoms with Crippen LogP contribution in [0, 0.1) is 5.82 Å². The highest BCUT2D eigenvalue weighted by Crippen LogP contribution is 2.21. The standard InChI is InChI=1S/C22H16Cl2FN3O3/c23-15-2-1-3-18(8-15)30-13-19-6-7-21(31-19)22(29)27-17-10-26-28(12-17)11-14-4-5-16(25)9-20(14)24/h1-10,12H,11,13H2,(H,27,29). The van der Waals surface area contributed by atoms with E-state index in [2.05, 4.69) is 10.4 Å². The summed E-state index contributed by atoms with van der Waals surface area (Å²) in [6.07, 6.45) is 3.14. The Morgan fingerprint density at radius 2 is 2.03 bits per heavy atom. The highest BCUT2D eigenvalue weighted by molar-refractivity contribution is 6.31. The van der Waals surface area contributed by atoms with Crippen LogP contribution in [0.1, 0.15) is 21.9 Å². The Morgan fingerprint density at radius 1 is 1.16 bits per heavy atom. The van der Waals surface area contributed by atoms with E-state index in [9.17, 15) is 9.18 Å². The number of aromatic nitrogens is 2. The molecule has 0 radical (unpaired) electrons. The fraction of sp³-hybridized carbons (Fsp3) is 0.0909. The molecule has 0 spiro atoms. The molecule has 0 aliphatic carbocycles. The van der Waals surface area contributed by atoms with Crippen molar-refractivity contribution in [2.75, 3.05) is 5.32 Å². The Balaban J connectivity index is 1.34. The molecule has 2 aromatic carbocycles. The number of benzene rings is 2. The van der Waals surface area contributed by atoms with E-state index in [0.29, 0.717) is 39.4 Å². The van der Waals surface area contributed by atoms with Crippen molar-refractivity contribution in [3.8, 4) is 5.75 Å². The zero-order valence-corrected chi connectivity index (χ0v) is 17.5. The molecule has 4 aromatic rings. The summed E-state index contributed by atoms with van der Waals surface area (Å²) in [7, 11) is 0. The Morgan fingerprint density at radius 3 is 2.84 bits per heavy atom. The molecule has 1 amide bonds. The van der Waals surface area contributed by atoms with Gasteiger partial charge < -0.3 is 14.5 Å². The zero-order chi connectivity index (χ0) is 21.8. The lowest BCUT2D eigenvalue weighted by atomic mass is 10.2. The van der Waals surface area contributed by atoms with Crippen LogP contribution in [-0.2, 0) is 13.2 Å². The van der Waals surface area contributed by atoms with E-state index >= 15 is 0 Å². The number of nitrogens with zero attached hydrogens (tertiary/aromatic N) is 2. The number of amides is 1. The molecule has 2 aromatic heterocycles. The number of ether oxygens (including phenoxy) is 1. The molecule has 2 heterocycles. The van der Waals surface area contributed by atoms with Crippen LogP contribution in [0.25, 0.3) is 0 Å². The largest absolute Gasteiger partial charge is 0.486 e. The number of nitrogens with one attached hydrogen (secondary N) is 1. The predicted molar refractivity (Wildman–Crippen MR) is 115 cm³/mol. The summed E-state index contributed by atoms with van der Waals surface area (Å²) in [5, 5.41) is 7.78. The maximum Gasteiger partial charge on any atom is 0.291 e. The van der Waals surface area contributed by atoms with Crippen LogP contribution >= 0.6 is 23.2 Å². The second kappa shape index (κ2) is 9.24. The molecule has 0 saturated carbocycles. The minimum Gasteiger partial charge on any atom is -0.486 e. The molecule has 0 bridgehead atoms. The Bertz CT molecular complexity index is 1220. The number of carbonyl (C=O) groups excluding carboxylic acids is 1. The third kappa shape index (κ3) is 5.45. The number of rotatable bonds is 7. The minimum absolute atomic E-state index is 0.138. The summed E-state index contributed by atoms with van der Waals surface area (Å²) in [5.41, 5.74) is 1.19. The monoisotopic (exact) mass is 459 g/mol. The van der Waals surface area contributed by atoms with Gasteiger partial charge in [0, 0.05) is 16.2 Å². The first-order valence-corrected chi connectivity index (χ1v) is 9.97. The van der Waals surface area contributed by atoms with Crippen LogP contribution in [0.4, 0.5) is 10.1 Å². The first kappa shape index (κ1) is 21.0. The molecule has 0 aliphatic rings.